The maximum Gasteiger partial charge on any atom is 0.215 e. The molecule has 0 unspecified atom stereocenters. The number of rotatable bonds is 9. The van der Waals surface area contributed by atoms with Crippen molar-refractivity contribution in [3.8, 4) is 67.5 Å². The molecular weight excluding hydrogens is 1740 g/mol. The molecular formula is C124H128N18+6. The second-order valence-electron chi connectivity index (χ2n) is 38.8. The number of nitrogens with zero attached hydrogens (tertiary/aromatic N) is 18. The van der Waals surface area contributed by atoms with Crippen molar-refractivity contribution in [2.75, 3.05) is 0 Å². The summed E-state index contributed by atoms with van der Waals surface area (Å²) in [6.07, 6.45) is 21.9. The molecule has 142 heavy (non-hydrogen) atoms. The van der Waals surface area contributed by atoms with Crippen LogP contribution in [-0.4, -0.2) is 56.3 Å². The second kappa shape index (κ2) is 38.6. The average molecular weight is 1880 g/mol. The predicted octanol–water partition coefficient (Wildman–Crippen LogP) is 25.1. The summed E-state index contributed by atoms with van der Waals surface area (Å²) in [5.41, 5.74) is 41.9. The van der Waals surface area contributed by atoms with Crippen LogP contribution >= 0.6 is 0 Å². The van der Waals surface area contributed by atoms with E-state index in [1.165, 1.54) is 39.0 Å². The van der Waals surface area contributed by atoms with Gasteiger partial charge in [0.15, 0.2) is 37.2 Å². The summed E-state index contributed by atoms with van der Waals surface area (Å²) in [6.45, 7) is 23.2. The van der Waals surface area contributed by atoms with Crippen LogP contribution in [0.5, 0.6) is 0 Å². The van der Waals surface area contributed by atoms with Crippen molar-refractivity contribution in [1.29, 1.82) is 0 Å². The number of fused-ring (bicyclic) bond motifs is 18. The van der Waals surface area contributed by atoms with Gasteiger partial charge in [0.05, 0.1) is 99.6 Å². The Morgan fingerprint density at radius 2 is 0.592 bits per heavy atom. The van der Waals surface area contributed by atoms with Crippen molar-refractivity contribution in [3.05, 3.63) is 395 Å². The Labute approximate surface area is 849 Å². The largest absolute Gasteiger partial charge is 0.299 e. The molecule has 24 aromatic rings. The van der Waals surface area contributed by atoms with E-state index in [4.69, 9.17) is 47.7 Å². The summed E-state index contributed by atoms with van der Waals surface area (Å²) in [4.78, 5) is 28.4. The number of aromatic nitrogens is 18. The first-order valence-electron chi connectivity index (χ1n) is 54.5. The van der Waals surface area contributed by atoms with Crippen LogP contribution in [0.2, 0.25) is 0 Å². The van der Waals surface area contributed by atoms with E-state index < -0.39 is 44.1 Å². The minimum absolute atomic E-state index is 0.215. The zero-order valence-corrected chi connectivity index (χ0v) is 84.6. The lowest BCUT2D eigenvalue weighted by Crippen LogP contribution is -2.32. The van der Waals surface area contributed by atoms with Crippen molar-refractivity contribution in [2.24, 2.45) is 47.7 Å². The lowest BCUT2D eigenvalue weighted by atomic mass is 9.88. The molecule has 0 saturated heterocycles. The lowest BCUT2D eigenvalue weighted by Gasteiger charge is -2.18. The third kappa shape index (κ3) is 18.2. The van der Waals surface area contributed by atoms with Crippen LogP contribution in [0.3, 0.4) is 0 Å². The molecule has 0 saturated carbocycles. The van der Waals surface area contributed by atoms with E-state index in [1.54, 1.807) is 38.5 Å². The summed E-state index contributed by atoms with van der Waals surface area (Å²) in [5, 5.41) is 0. The van der Waals surface area contributed by atoms with Crippen molar-refractivity contribution in [3.63, 3.8) is 0 Å². The quantitative estimate of drug-likeness (QED) is 0.132. The van der Waals surface area contributed by atoms with E-state index in [0.717, 1.165) is 179 Å². The molecule has 24 rings (SSSR count). The number of aryl methyl sites for hydroxylation is 17. The summed E-state index contributed by atoms with van der Waals surface area (Å²) < 4.78 is 129. The van der Waals surface area contributed by atoms with Crippen LogP contribution in [0, 0.1) is 81.4 Å². The van der Waals surface area contributed by atoms with E-state index >= 15 is 0 Å². The number of pyridine rings is 12. The molecule has 0 aliphatic heterocycles. The van der Waals surface area contributed by atoms with E-state index in [-0.39, 0.29) is 5.56 Å². The Kier molecular flexibility index (Phi) is 21.7. The van der Waals surface area contributed by atoms with Gasteiger partial charge in [-0.15, -0.1) is 0 Å². The van der Waals surface area contributed by atoms with Crippen molar-refractivity contribution in [1.82, 2.24) is 56.3 Å². The number of imidazole rings is 6. The Hall–Kier alpha value is -16.1. The minimum atomic E-state index is -2.28. The topological polar surface area (TPSA) is 127 Å². The summed E-state index contributed by atoms with van der Waals surface area (Å²) >= 11 is 0. The normalized spacial score (nSPS) is 13.5. The molecule has 18 nitrogen and oxygen atoms in total. The van der Waals surface area contributed by atoms with Crippen LogP contribution in [0.4, 0.5) is 0 Å². The van der Waals surface area contributed by atoms with Crippen LogP contribution in [-0.2, 0) is 48.7 Å². The molecule has 0 radical (unpaired) electrons. The van der Waals surface area contributed by atoms with Crippen molar-refractivity contribution >= 4 is 100 Å². The van der Waals surface area contributed by atoms with Crippen LogP contribution in [0.15, 0.2) is 317 Å². The van der Waals surface area contributed by atoms with Gasteiger partial charge in [-0.25, -0.2) is 57.3 Å². The summed E-state index contributed by atoms with van der Waals surface area (Å²) in [5.74, 6) is -1.68. The van der Waals surface area contributed by atoms with Gasteiger partial charge in [0.2, 0.25) is 34.2 Å². The SMILES string of the molecule is Cc1cc[n+](C)c(-c2c(C)ccc3nc4ccccn4c23)c1.[2H]C(C)(C)c1cc[n+](C)c(-c2c(C)ccc3nc4ccccn4c23)c1.[2H]C([2H])([2H])c1c[n+](C)c(-c2c(C)ccc3nc4ccccn4c23)cc1C.[2H]C([2H])([2H])c1c[n+](C)c(-c2c(C)ccc3nc4ccccn4c23)cc1C([2H])(C)C.[2H]C([2H])([2H])c1ccc(-c2c(C)ccc3nc4ccccn4c23)[n+](C)c1.[2H]C([2H])(c1cc[n+](C)c(-c2c(C)ccc3nc4ccccn4c23)c1)C(C)(C)C. The van der Waals surface area contributed by atoms with Gasteiger partial charge in [-0.3, -0.25) is 26.4 Å². The minimum Gasteiger partial charge on any atom is -0.299 e. The smallest absolute Gasteiger partial charge is 0.215 e. The Morgan fingerprint density at radius 1 is 0.282 bits per heavy atom. The third-order valence-corrected chi connectivity index (χ3v) is 26.7. The fraction of sp³-hybridized carbons (Fsp3) is 0.226. The molecule has 0 fully saturated rings. The first kappa shape index (κ1) is 79.8. The fourth-order valence-corrected chi connectivity index (χ4v) is 19.6. The average Bonchev–Trinajstić information content (AvgIpc) is 1.64. The second-order valence-corrected chi connectivity index (χ2v) is 38.8. The van der Waals surface area contributed by atoms with Crippen LogP contribution in [0.25, 0.3) is 168 Å². The summed E-state index contributed by atoms with van der Waals surface area (Å²) in [7, 11) is 11.8. The first-order valence-corrected chi connectivity index (χ1v) is 48.0. The molecule has 18 heteroatoms. The fourth-order valence-electron chi connectivity index (χ4n) is 19.6. The van der Waals surface area contributed by atoms with E-state index in [2.05, 4.69) is 193 Å². The standard InChI is InChI=1S/C23H26N3.C22H24N3.C21H22N3.C20H20N3.2C19H18N3/c1-16-9-10-18-22(26-12-7-6-8-20(26)24-18)21(16)19-14-17(11-13-25(19)5)15-23(2,3)4;1-14(2)17-12-19(24(5)13-16(17)4)21-15(3)9-10-18-22(21)25-11-7-6-8-20(25)23-18;1-14(2)16-10-12-23(4)18(13-16)20-15(3)8-9-17-21(20)24-11-6-5-7-19(24)22-17;1-13-8-9-16-20(23-10-6-5-7-18(23)21-16)19(13)17-11-14(2)15(3)12-22(17)4;1-13-7-10-16(21(3)12-13)18-14(2)8-9-15-19(18)22-11-5-4-6-17(22)20-15;1-13-9-11-21(3)16(12-13)18-14(2)7-8-15-19(18)22-10-5-4-6-17(22)20-15/h6-14H,15H2,1-5H3;6-14H,1-5H3;5-14H,1-4H3;5-12H,1-4H3;2*4-12H,1-3H3/q6*+1/i15D2;4D3,14D;14D;3D3;1D3;. The van der Waals surface area contributed by atoms with Crippen LogP contribution < -0.4 is 27.4 Å². The number of hydrogen-bond acceptors (Lipinski definition) is 6. The van der Waals surface area contributed by atoms with E-state index in [9.17, 15) is 0 Å². The Balaban J connectivity index is 0.000000116. The van der Waals surface area contributed by atoms with Crippen molar-refractivity contribution < 1.29 is 45.2 Å². The monoisotopic (exact) mass is 1880 g/mol. The van der Waals surface area contributed by atoms with Gasteiger partial charge in [0.1, 0.15) is 76.2 Å². The molecule has 0 aliphatic carbocycles. The Morgan fingerprint density at radius 3 is 0.923 bits per heavy atom. The molecule has 6 aromatic carbocycles. The Bertz CT molecular complexity index is 9670. The number of benzene rings is 6. The van der Waals surface area contributed by atoms with Crippen LogP contribution in [0.1, 0.15) is 156 Å². The zero-order chi connectivity index (χ0) is 111. The molecule has 0 amide bonds. The molecule has 0 atom stereocenters. The van der Waals surface area contributed by atoms with Gasteiger partial charge in [0, 0.05) is 126 Å². The first-order chi connectivity index (χ1) is 73.2. The van der Waals surface area contributed by atoms with Gasteiger partial charge < -0.3 is 0 Å². The molecule has 0 bridgehead atoms. The molecule has 708 valence electrons. The van der Waals surface area contributed by atoms with Gasteiger partial charge in [-0.05, 0) is 276 Å². The maximum absolute atomic E-state index is 8.71. The molecule has 18 aromatic heterocycles. The molecule has 18 heterocycles. The molecule has 0 spiro atoms. The highest BCUT2D eigenvalue weighted by Crippen LogP contribution is 2.40. The maximum atomic E-state index is 8.71. The van der Waals surface area contributed by atoms with Gasteiger partial charge >= 0.3 is 0 Å². The highest BCUT2D eigenvalue weighted by atomic mass is 15.1. The van der Waals surface area contributed by atoms with E-state index in [1.807, 2.05) is 285 Å². The molecule has 0 aliphatic rings. The van der Waals surface area contributed by atoms with E-state index in [0.29, 0.717) is 22.3 Å². The van der Waals surface area contributed by atoms with Crippen molar-refractivity contribution in [2.45, 2.75) is 143 Å². The highest BCUT2D eigenvalue weighted by molar-refractivity contribution is 6.00. The van der Waals surface area contributed by atoms with Gasteiger partial charge in [-0.1, -0.05) is 121 Å². The summed E-state index contributed by atoms with van der Waals surface area (Å²) in [6, 6.07) is 80.7. The molecule has 0 N–H and O–H groups in total. The lowest BCUT2D eigenvalue weighted by molar-refractivity contribution is -0.660. The predicted molar refractivity (Wildman–Crippen MR) is 579 cm³/mol. The zero-order valence-electron chi connectivity index (χ0n) is 97.6. The third-order valence-electron chi connectivity index (χ3n) is 26.7. The van der Waals surface area contributed by atoms with Gasteiger partial charge in [-0.2, -0.15) is 0 Å². The number of hydrogen-bond donors (Lipinski definition) is 0. The van der Waals surface area contributed by atoms with Gasteiger partial charge in [0.25, 0.3) is 0 Å². The highest BCUT2D eigenvalue weighted by Gasteiger charge is 2.30.